The first-order chi connectivity index (χ1) is 19.5. The van der Waals surface area contributed by atoms with E-state index in [0.29, 0.717) is 45.1 Å². The van der Waals surface area contributed by atoms with Gasteiger partial charge in [-0.25, -0.2) is 10.0 Å². The first kappa shape index (κ1) is 26.0. The number of carbonyl (C=O) groups is 1. The second-order valence-corrected chi connectivity index (χ2v) is 11.1. The van der Waals surface area contributed by atoms with Crippen LogP contribution in [0, 0.1) is 0 Å². The number of thioether (sulfide) groups is 1. The number of rotatable bonds is 5. The number of amidine groups is 1. The maximum absolute atomic E-state index is 14.0. The Labute approximate surface area is 239 Å². The van der Waals surface area contributed by atoms with Crippen LogP contribution < -0.4 is 34.8 Å². The number of anilines is 2. The Kier molecular flexibility index (Phi) is 6.95. The third-order valence-electron chi connectivity index (χ3n) is 6.72. The van der Waals surface area contributed by atoms with Crippen molar-refractivity contribution < 1.29 is 9.53 Å². The number of nitrogens with one attached hydrogen (secondary N) is 1. The molecule has 6 rings (SSSR count). The van der Waals surface area contributed by atoms with Crippen molar-refractivity contribution in [3.05, 3.63) is 98.4 Å². The minimum absolute atomic E-state index is 0.124. The van der Waals surface area contributed by atoms with Crippen LogP contribution in [0.3, 0.4) is 0 Å². The van der Waals surface area contributed by atoms with Crippen LogP contribution in [0.4, 0.5) is 17.1 Å². The molecule has 3 aromatic carbocycles. The van der Waals surface area contributed by atoms with E-state index in [2.05, 4.69) is 17.2 Å². The monoisotopic (exact) mass is 569 g/mol. The van der Waals surface area contributed by atoms with Crippen molar-refractivity contribution >= 4 is 62.5 Å². The number of aromatic nitrogens is 1. The minimum atomic E-state index is -0.264. The molecule has 0 unspecified atom stereocenters. The third kappa shape index (κ3) is 4.39. The lowest BCUT2D eigenvalue weighted by atomic mass is 10.2. The molecule has 2 aliphatic rings. The van der Waals surface area contributed by atoms with E-state index in [1.165, 1.54) is 16.3 Å². The molecule has 202 valence electrons. The van der Waals surface area contributed by atoms with Gasteiger partial charge in [0.05, 0.1) is 24.2 Å². The highest BCUT2D eigenvalue weighted by atomic mass is 32.2. The van der Waals surface area contributed by atoms with Gasteiger partial charge in [-0.2, -0.15) is 0 Å². The number of amides is 1. The number of methoxy groups -OCH3 is 1. The number of hydrogen-bond acceptors (Lipinski definition) is 7. The summed E-state index contributed by atoms with van der Waals surface area (Å²) < 4.78 is 8.29. The van der Waals surface area contributed by atoms with Gasteiger partial charge in [-0.15, -0.1) is 11.3 Å². The summed E-state index contributed by atoms with van der Waals surface area (Å²) in [5.41, 5.74) is 5.84. The fraction of sp³-hybridized carbons (Fsp3) is 0.167. The van der Waals surface area contributed by atoms with E-state index in [-0.39, 0.29) is 11.5 Å². The van der Waals surface area contributed by atoms with Gasteiger partial charge in [-0.3, -0.25) is 19.6 Å². The Balaban J connectivity index is 1.61. The molecular formula is C30H27N5O3S2. The zero-order valence-corrected chi connectivity index (χ0v) is 23.9. The van der Waals surface area contributed by atoms with Crippen LogP contribution in [0.1, 0.15) is 13.8 Å². The maximum Gasteiger partial charge on any atom is 0.283 e. The van der Waals surface area contributed by atoms with Crippen LogP contribution in [-0.2, 0) is 11.3 Å². The highest BCUT2D eigenvalue weighted by molar-refractivity contribution is 8.08. The van der Waals surface area contributed by atoms with E-state index in [0.717, 1.165) is 21.4 Å². The lowest BCUT2D eigenvalue weighted by Gasteiger charge is -2.17. The molecule has 0 bridgehead atoms. The molecule has 0 radical (unpaired) electrons. The largest absolute Gasteiger partial charge is 0.497 e. The molecule has 1 amide bonds. The first-order valence-corrected chi connectivity index (χ1v) is 14.6. The predicted octanol–water partition coefficient (Wildman–Crippen LogP) is 4.07. The van der Waals surface area contributed by atoms with E-state index in [1.54, 1.807) is 23.4 Å². The zero-order chi connectivity index (χ0) is 27.8. The van der Waals surface area contributed by atoms with Crippen LogP contribution in [0.2, 0.25) is 0 Å². The third-order valence-corrected chi connectivity index (χ3v) is 9.22. The van der Waals surface area contributed by atoms with Crippen molar-refractivity contribution in [1.29, 1.82) is 0 Å². The van der Waals surface area contributed by atoms with Crippen molar-refractivity contribution in [2.75, 3.05) is 23.6 Å². The summed E-state index contributed by atoms with van der Waals surface area (Å²) in [6.07, 6.45) is 0. The van der Waals surface area contributed by atoms with Gasteiger partial charge >= 0.3 is 0 Å². The maximum atomic E-state index is 14.0. The number of aliphatic imine (C=N–C) groups is 1. The second-order valence-electron chi connectivity index (χ2n) is 9.03. The Bertz CT molecular complexity index is 1810. The average molecular weight is 570 g/mol. The number of para-hydroxylation sites is 2. The van der Waals surface area contributed by atoms with E-state index in [4.69, 9.17) is 9.73 Å². The molecule has 3 heterocycles. The Morgan fingerprint density at radius 1 is 0.925 bits per heavy atom. The predicted molar refractivity (Wildman–Crippen MR) is 163 cm³/mol. The number of fused-ring (bicyclic) bond motifs is 1. The summed E-state index contributed by atoms with van der Waals surface area (Å²) in [4.78, 5) is 35.9. The molecule has 0 aliphatic carbocycles. The summed E-state index contributed by atoms with van der Waals surface area (Å²) in [6.45, 7) is 5.07. The molecule has 0 atom stereocenters. The van der Waals surface area contributed by atoms with Gasteiger partial charge < -0.3 is 9.64 Å². The number of nitrogens with zero attached hydrogens (tertiary/aromatic N) is 4. The fourth-order valence-electron chi connectivity index (χ4n) is 4.78. The van der Waals surface area contributed by atoms with Gasteiger partial charge in [0.1, 0.15) is 25.5 Å². The summed E-state index contributed by atoms with van der Waals surface area (Å²) >= 11 is 2.90. The SMILES string of the molecule is CCN1C(=c2sc(=C3C(=O)N(c4ccccc4)NC3=Nc3ccccc3)n(CC)c2=O)Sc2ccc(OC)cc21. The van der Waals surface area contributed by atoms with Gasteiger partial charge in [0.15, 0.2) is 5.84 Å². The molecule has 1 N–H and O–H groups in total. The number of hydrazine groups is 1. The average Bonchev–Trinajstić information content (AvgIpc) is 3.63. The van der Waals surface area contributed by atoms with Crippen LogP contribution in [0.25, 0.3) is 10.6 Å². The number of carbonyl (C=O) groups excluding carboxylic acids is 1. The summed E-state index contributed by atoms with van der Waals surface area (Å²) in [6, 6.07) is 24.8. The summed E-state index contributed by atoms with van der Waals surface area (Å²) in [5.74, 6) is 0.901. The van der Waals surface area contributed by atoms with Crippen molar-refractivity contribution in [3.8, 4) is 5.75 Å². The lowest BCUT2D eigenvalue weighted by Crippen LogP contribution is -2.36. The lowest BCUT2D eigenvalue weighted by molar-refractivity contribution is -0.113. The second kappa shape index (κ2) is 10.7. The standard InChI is InChI=1S/C30H27N5O3S2/c1-4-33-22-18-21(38-3)16-17-23(22)39-30(33)25-28(37)34(5-2)29(40-25)24-26(31-19-12-8-6-9-13-19)32-35(27(24)36)20-14-10-7-11-15-20/h6-18H,4-5H2,1-3H3,(H,31,32). The highest BCUT2D eigenvalue weighted by Crippen LogP contribution is 2.47. The Hall–Kier alpha value is -4.28. The van der Waals surface area contributed by atoms with Crippen LogP contribution in [-0.4, -0.2) is 30.0 Å². The molecule has 1 fully saturated rings. The highest BCUT2D eigenvalue weighted by Gasteiger charge is 2.36. The van der Waals surface area contributed by atoms with E-state index < -0.39 is 0 Å². The fourth-order valence-corrected chi connectivity index (χ4v) is 7.36. The van der Waals surface area contributed by atoms with E-state index in [1.807, 2.05) is 85.8 Å². The van der Waals surface area contributed by atoms with Crippen LogP contribution >= 0.6 is 23.1 Å². The van der Waals surface area contributed by atoms with Crippen molar-refractivity contribution in [2.45, 2.75) is 25.3 Å². The first-order valence-electron chi connectivity index (χ1n) is 13.0. The summed E-state index contributed by atoms with van der Waals surface area (Å²) in [5, 5.41) is 2.34. The molecule has 4 aromatic rings. The van der Waals surface area contributed by atoms with Crippen LogP contribution in [0.15, 0.2) is 93.5 Å². The molecule has 2 aliphatic heterocycles. The number of thiazole rings is 1. The van der Waals surface area contributed by atoms with E-state index in [9.17, 15) is 9.59 Å². The van der Waals surface area contributed by atoms with Gasteiger partial charge in [0.25, 0.3) is 11.5 Å². The molecule has 8 nitrogen and oxygen atoms in total. The Morgan fingerprint density at radius 2 is 1.65 bits per heavy atom. The normalized spacial score (nSPS) is 18.4. The molecule has 10 heteroatoms. The van der Waals surface area contributed by atoms with Crippen molar-refractivity contribution in [1.82, 2.24) is 9.99 Å². The quantitative estimate of drug-likeness (QED) is 0.391. The van der Waals surface area contributed by atoms with Gasteiger partial charge in [0, 0.05) is 24.1 Å². The van der Waals surface area contributed by atoms with Crippen molar-refractivity contribution in [3.63, 3.8) is 0 Å². The van der Waals surface area contributed by atoms with Gasteiger partial charge in [0.2, 0.25) is 0 Å². The van der Waals surface area contributed by atoms with Crippen molar-refractivity contribution in [2.24, 2.45) is 4.99 Å². The topological polar surface area (TPSA) is 79.2 Å². The molecule has 1 aromatic heterocycles. The number of benzene rings is 3. The summed E-state index contributed by atoms with van der Waals surface area (Å²) in [7, 11) is 1.65. The smallest absolute Gasteiger partial charge is 0.283 e. The van der Waals surface area contributed by atoms with Gasteiger partial charge in [-0.1, -0.05) is 48.2 Å². The van der Waals surface area contributed by atoms with Gasteiger partial charge in [-0.05, 0) is 50.2 Å². The molecule has 0 saturated carbocycles. The molecule has 1 saturated heterocycles. The van der Waals surface area contributed by atoms with E-state index >= 15 is 0 Å². The number of ether oxygens (including phenoxy) is 1. The van der Waals surface area contributed by atoms with Crippen LogP contribution in [0.5, 0.6) is 5.75 Å². The molecular weight excluding hydrogens is 542 g/mol. The molecule has 0 spiro atoms. The Morgan fingerprint density at radius 3 is 2.33 bits per heavy atom. The molecule has 40 heavy (non-hydrogen) atoms. The number of hydrogen-bond donors (Lipinski definition) is 1. The minimum Gasteiger partial charge on any atom is -0.497 e. The zero-order valence-electron chi connectivity index (χ0n) is 22.2.